The van der Waals surface area contributed by atoms with E-state index in [-0.39, 0.29) is 11.7 Å². The van der Waals surface area contributed by atoms with Crippen molar-refractivity contribution in [3.05, 3.63) is 59.5 Å². The van der Waals surface area contributed by atoms with Crippen molar-refractivity contribution < 1.29 is 14.6 Å². The highest BCUT2D eigenvalue weighted by molar-refractivity contribution is 6.06. The third-order valence-corrected chi connectivity index (χ3v) is 3.85. The van der Waals surface area contributed by atoms with Crippen LogP contribution in [-0.4, -0.2) is 27.2 Å². The fraction of sp³-hybridized carbons (Fsp3) is 0.222. The molecular weight excluding hydrogens is 292 g/mol. The van der Waals surface area contributed by atoms with E-state index in [4.69, 9.17) is 4.74 Å². The second-order valence-corrected chi connectivity index (χ2v) is 5.33. The van der Waals surface area contributed by atoms with Gasteiger partial charge < -0.3 is 14.4 Å². The predicted octanol–water partition coefficient (Wildman–Crippen LogP) is 3.28. The Kier molecular flexibility index (Phi) is 4.02. The zero-order valence-corrected chi connectivity index (χ0v) is 13.1. The van der Waals surface area contributed by atoms with Crippen LogP contribution in [0.5, 0.6) is 5.75 Å². The zero-order chi connectivity index (χ0) is 16.4. The van der Waals surface area contributed by atoms with Crippen LogP contribution in [0.1, 0.15) is 28.5 Å². The molecule has 5 nitrogen and oxygen atoms in total. The number of pyridine rings is 1. The largest absolute Gasteiger partial charge is 0.508 e. The number of hydrogen-bond donors (Lipinski definition) is 1. The Morgan fingerprint density at radius 2 is 2.17 bits per heavy atom. The second kappa shape index (κ2) is 6.12. The molecule has 0 radical (unpaired) electrons. The molecule has 5 heteroatoms. The number of carbonyl (C=O) groups is 1. The molecule has 0 atom stereocenters. The normalized spacial score (nSPS) is 10.9. The van der Waals surface area contributed by atoms with E-state index in [1.54, 1.807) is 31.5 Å². The van der Waals surface area contributed by atoms with Crippen LogP contribution in [0.4, 0.5) is 0 Å². The lowest BCUT2D eigenvalue weighted by Gasteiger charge is -2.08. The molecule has 3 rings (SSSR count). The molecule has 2 aromatic heterocycles. The number of phenolic OH excluding ortho intramolecular Hbond substituents is 1. The summed E-state index contributed by atoms with van der Waals surface area (Å²) >= 11 is 0. The van der Waals surface area contributed by atoms with Crippen LogP contribution in [-0.2, 0) is 11.3 Å². The molecule has 0 bridgehead atoms. The molecule has 118 valence electrons. The number of nitrogens with zero attached hydrogens (tertiary/aromatic N) is 2. The molecule has 0 aliphatic carbocycles. The van der Waals surface area contributed by atoms with E-state index in [1.807, 2.05) is 29.7 Å². The van der Waals surface area contributed by atoms with Crippen molar-refractivity contribution in [2.75, 3.05) is 6.61 Å². The van der Waals surface area contributed by atoms with Crippen LogP contribution in [0.3, 0.4) is 0 Å². The van der Waals surface area contributed by atoms with Gasteiger partial charge in [-0.3, -0.25) is 4.98 Å². The molecule has 3 aromatic rings. The molecule has 0 spiro atoms. The maximum atomic E-state index is 12.3. The lowest BCUT2D eigenvalue weighted by atomic mass is 10.1. The van der Waals surface area contributed by atoms with Gasteiger partial charge in [-0.15, -0.1) is 0 Å². The van der Waals surface area contributed by atoms with Gasteiger partial charge in [-0.1, -0.05) is 6.07 Å². The van der Waals surface area contributed by atoms with Crippen LogP contribution in [0, 0.1) is 6.92 Å². The summed E-state index contributed by atoms with van der Waals surface area (Å²) in [6.07, 6.45) is 3.53. The number of phenols is 1. The summed E-state index contributed by atoms with van der Waals surface area (Å²) in [5.41, 5.74) is 3.23. The van der Waals surface area contributed by atoms with Gasteiger partial charge in [-0.25, -0.2) is 4.79 Å². The fourth-order valence-corrected chi connectivity index (χ4v) is 2.81. The Bertz CT molecular complexity index is 854. The molecule has 0 aliphatic heterocycles. The maximum Gasteiger partial charge on any atom is 0.340 e. The van der Waals surface area contributed by atoms with Gasteiger partial charge in [0.1, 0.15) is 5.75 Å². The van der Waals surface area contributed by atoms with Crippen LogP contribution in [0.25, 0.3) is 10.9 Å². The van der Waals surface area contributed by atoms with Crippen molar-refractivity contribution in [3.8, 4) is 5.75 Å². The summed E-state index contributed by atoms with van der Waals surface area (Å²) < 4.78 is 7.21. The first-order chi connectivity index (χ1) is 11.1. The summed E-state index contributed by atoms with van der Waals surface area (Å²) in [5, 5.41) is 10.5. The molecular formula is C18H18N2O3. The van der Waals surface area contributed by atoms with Gasteiger partial charge in [0.05, 0.1) is 12.2 Å². The first-order valence-corrected chi connectivity index (χ1v) is 7.49. The van der Waals surface area contributed by atoms with Crippen molar-refractivity contribution in [3.63, 3.8) is 0 Å². The quantitative estimate of drug-likeness (QED) is 0.751. The minimum absolute atomic E-state index is 0.126. The standard InChI is InChI=1S/C18H18N2O3/c1-3-23-18(22)17-12(2)20(11-13-5-4-8-19-10-13)16-7-6-14(21)9-15(16)17/h4-10,21H,3,11H2,1-2H3. The number of fused-ring (bicyclic) bond motifs is 1. The first kappa shape index (κ1) is 15.1. The first-order valence-electron chi connectivity index (χ1n) is 7.49. The van der Waals surface area contributed by atoms with Gasteiger partial charge in [0.2, 0.25) is 0 Å². The van der Waals surface area contributed by atoms with Crippen molar-refractivity contribution in [1.29, 1.82) is 0 Å². The third-order valence-electron chi connectivity index (χ3n) is 3.85. The van der Waals surface area contributed by atoms with Gasteiger partial charge >= 0.3 is 5.97 Å². The van der Waals surface area contributed by atoms with Crippen LogP contribution in [0.15, 0.2) is 42.7 Å². The fourth-order valence-electron chi connectivity index (χ4n) is 2.81. The predicted molar refractivity (Wildman–Crippen MR) is 87.6 cm³/mol. The molecule has 0 unspecified atom stereocenters. The number of esters is 1. The molecule has 1 aromatic carbocycles. The number of hydrogen-bond acceptors (Lipinski definition) is 4. The molecule has 1 N–H and O–H groups in total. The number of ether oxygens (including phenoxy) is 1. The maximum absolute atomic E-state index is 12.3. The minimum atomic E-state index is -0.370. The Hall–Kier alpha value is -2.82. The van der Waals surface area contributed by atoms with Crippen LogP contribution < -0.4 is 0 Å². The molecule has 0 saturated heterocycles. The zero-order valence-electron chi connectivity index (χ0n) is 13.1. The molecule has 0 amide bonds. The van der Waals surface area contributed by atoms with E-state index in [0.717, 1.165) is 16.8 Å². The summed E-state index contributed by atoms with van der Waals surface area (Å²) in [7, 11) is 0. The number of aromatic hydroxyl groups is 1. The van der Waals surface area contributed by atoms with E-state index in [2.05, 4.69) is 4.98 Å². The van der Waals surface area contributed by atoms with Gasteiger partial charge in [0, 0.05) is 35.5 Å². The van der Waals surface area contributed by atoms with Crippen LogP contribution in [0.2, 0.25) is 0 Å². The van der Waals surface area contributed by atoms with E-state index >= 15 is 0 Å². The summed E-state index contributed by atoms with van der Waals surface area (Å²) in [6, 6.07) is 8.92. The number of carbonyl (C=O) groups excluding carboxylic acids is 1. The van der Waals surface area contributed by atoms with Gasteiger partial charge in [-0.2, -0.15) is 0 Å². The summed E-state index contributed by atoms with van der Waals surface area (Å²) in [5.74, 6) is -0.243. The summed E-state index contributed by atoms with van der Waals surface area (Å²) in [4.78, 5) is 16.5. The number of benzene rings is 1. The lowest BCUT2D eigenvalue weighted by molar-refractivity contribution is 0.0527. The minimum Gasteiger partial charge on any atom is -0.508 e. The Labute approximate surface area is 134 Å². The molecule has 0 fully saturated rings. The van der Waals surface area contributed by atoms with Gasteiger partial charge in [0.25, 0.3) is 0 Å². The average Bonchev–Trinajstić information content (AvgIpc) is 2.80. The van der Waals surface area contributed by atoms with E-state index in [0.29, 0.717) is 24.1 Å². The molecule has 23 heavy (non-hydrogen) atoms. The second-order valence-electron chi connectivity index (χ2n) is 5.33. The van der Waals surface area contributed by atoms with E-state index in [1.165, 1.54) is 0 Å². The molecule has 2 heterocycles. The van der Waals surface area contributed by atoms with Crippen molar-refractivity contribution in [2.45, 2.75) is 20.4 Å². The van der Waals surface area contributed by atoms with Gasteiger partial charge in [-0.05, 0) is 43.7 Å². The topological polar surface area (TPSA) is 64.4 Å². The lowest BCUT2D eigenvalue weighted by Crippen LogP contribution is -2.08. The monoisotopic (exact) mass is 310 g/mol. The number of aromatic nitrogens is 2. The van der Waals surface area contributed by atoms with Crippen molar-refractivity contribution in [1.82, 2.24) is 9.55 Å². The van der Waals surface area contributed by atoms with Crippen molar-refractivity contribution >= 4 is 16.9 Å². The Morgan fingerprint density at radius 1 is 1.35 bits per heavy atom. The Balaban J connectivity index is 2.18. The SMILES string of the molecule is CCOC(=O)c1c(C)n(Cc2cccnc2)c2ccc(O)cc12. The Morgan fingerprint density at radius 3 is 2.87 bits per heavy atom. The highest BCUT2D eigenvalue weighted by Gasteiger charge is 2.21. The average molecular weight is 310 g/mol. The van der Waals surface area contributed by atoms with Crippen molar-refractivity contribution in [2.24, 2.45) is 0 Å². The highest BCUT2D eigenvalue weighted by atomic mass is 16.5. The van der Waals surface area contributed by atoms with E-state index in [9.17, 15) is 9.90 Å². The third kappa shape index (κ3) is 2.77. The van der Waals surface area contributed by atoms with Gasteiger partial charge in [0.15, 0.2) is 0 Å². The molecule has 0 saturated carbocycles. The number of rotatable bonds is 4. The van der Waals surface area contributed by atoms with Crippen LogP contribution >= 0.6 is 0 Å². The summed E-state index contributed by atoms with van der Waals surface area (Å²) in [6.45, 7) is 4.58. The van der Waals surface area contributed by atoms with E-state index < -0.39 is 0 Å². The smallest absolute Gasteiger partial charge is 0.340 e. The highest BCUT2D eigenvalue weighted by Crippen LogP contribution is 2.30. The molecule has 0 aliphatic rings.